The summed E-state index contributed by atoms with van der Waals surface area (Å²) in [6.07, 6.45) is 2.07. The van der Waals surface area contributed by atoms with Gasteiger partial charge in [-0.25, -0.2) is 9.41 Å². The maximum Gasteiger partial charge on any atom is 0.216 e. The summed E-state index contributed by atoms with van der Waals surface area (Å²) in [5.74, 6) is 0. The molecule has 0 amide bonds. The Bertz CT molecular complexity index is 1580. The Morgan fingerprint density at radius 2 is 1.64 bits per heavy atom. The second kappa shape index (κ2) is 7.72. The van der Waals surface area contributed by atoms with Crippen LogP contribution in [0.1, 0.15) is 5.56 Å². The normalized spacial score (nSPS) is 11.8. The number of pyridine rings is 1. The molecule has 3 aromatic carbocycles. The van der Waals surface area contributed by atoms with Gasteiger partial charge in [0.15, 0.2) is 11.9 Å². The minimum absolute atomic E-state index is 0.660. The van der Waals surface area contributed by atoms with Gasteiger partial charge in [0, 0.05) is 28.5 Å². The molecule has 0 aliphatic carbocycles. The van der Waals surface area contributed by atoms with Crippen molar-refractivity contribution in [2.75, 3.05) is 0 Å². The topological polar surface area (TPSA) is 21.4 Å². The van der Waals surface area contributed by atoms with E-state index in [1.165, 1.54) is 10.8 Å². The third kappa shape index (κ3) is 3.46. The molecule has 3 nitrogen and oxygen atoms in total. The summed E-state index contributed by atoms with van der Waals surface area (Å²) in [6, 6.07) is 23.1. The van der Waals surface area contributed by atoms with Crippen LogP contribution in [0, 0.1) is 13.5 Å². The van der Waals surface area contributed by atoms with Gasteiger partial charge >= 0.3 is 0 Å². The van der Waals surface area contributed by atoms with E-state index in [1.807, 2.05) is 18.2 Å². The maximum atomic E-state index is 7.56. The number of aryl methyl sites for hydroxylation is 2. The second-order valence-corrected chi connectivity index (χ2v) is 14.7. The van der Waals surface area contributed by atoms with Crippen LogP contribution in [0.25, 0.3) is 49.2 Å². The average molecular weight is 448 g/mol. The lowest BCUT2D eigenvalue weighted by Gasteiger charge is -2.21. The average Bonchev–Trinajstić information content (AvgIpc) is 3.17. The van der Waals surface area contributed by atoms with Crippen LogP contribution in [0.2, 0.25) is 19.6 Å². The fraction of sp³-hybridized carbons (Fsp3) is 0.172. The molecule has 4 heteroatoms. The van der Waals surface area contributed by atoms with E-state index in [1.54, 1.807) is 0 Å². The van der Waals surface area contributed by atoms with Crippen LogP contribution in [0.5, 0.6) is 0 Å². The summed E-state index contributed by atoms with van der Waals surface area (Å²) in [6.45, 7) is 16.7. The molecule has 0 saturated heterocycles. The maximum absolute atomic E-state index is 7.56. The largest absolute Gasteiger partial charge is 0.454 e. The minimum atomic E-state index is -1.65. The molecule has 2 aromatic heterocycles. The van der Waals surface area contributed by atoms with Crippen molar-refractivity contribution in [3.8, 4) is 22.4 Å². The van der Waals surface area contributed by atoms with Gasteiger partial charge in [0.2, 0.25) is 5.69 Å². The van der Waals surface area contributed by atoms with Gasteiger partial charge in [-0.3, -0.25) is 0 Å². The predicted molar refractivity (Wildman–Crippen MR) is 140 cm³/mol. The number of hydrogen-bond acceptors (Lipinski definition) is 1. The molecule has 0 bridgehead atoms. The summed E-state index contributed by atoms with van der Waals surface area (Å²) >= 11 is 0. The van der Waals surface area contributed by atoms with Crippen molar-refractivity contribution in [2.45, 2.75) is 26.6 Å². The Kier molecular flexibility index (Phi) is 4.95. The number of benzene rings is 3. The zero-order chi connectivity index (χ0) is 23.3. The van der Waals surface area contributed by atoms with Gasteiger partial charge in [-0.2, -0.15) is 0 Å². The molecule has 5 rings (SSSR count). The van der Waals surface area contributed by atoms with Crippen molar-refractivity contribution in [1.29, 1.82) is 0 Å². The zero-order valence-electron chi connectivity index (χ0n) is 19.7. The van der Waals surface area contributed by atoms with Crippen LogP contribution in [0.3, 0.4) is 0 Å². The molecule has 0 fully saturated rings. The van der Waals surface area contributed by atoms with Gasteiger partial charge in [0.1, 0.15) is 18.2 Å². The van der Waals surface area contributed by atoms with E-state index in [4.69, 9.17) is 11.0 Å². The van der Waals surface area contributed by atoms with Crippen molar-refractivity contribution in [1.82, 2.24) is 0 Å². The molecule has 0 unspecified atom stereocenters. The number of hydrogen-bond donors (Lipinski definition) is 0. The third-order valence-corrected chi connectivity index (χ3v) is 8.47. The first kappa shape index (κ1) is 21.2. The van der Waals surface area contributed by atoms with Gasteiger partial charge < -0.3 is 4.42 Å². The molecule has 0 aliphatic rings. The van der Waals surface area contributed by atoms with E-state index >= 15 is 0 Å². The smallest absolute Gasteiger partial charge is 0.216 e. The first-order valence-electron chi connectivity index (χ1n) is 11.2. The first-order valence-corrected chi connectivity index (χ1v) is 14.7. The number of fused-ring (bicyclic) bond motifs is 3. The number of furan rings is 1. The number of aromatic nitrogens is 1. The SMILES string of the molecule is [C-]#[N+]c1ccc([Si](C)(C)C)c(-c2cccc3c2oc2c(-c4cccc[n+]4C)c(C)ccc23)c1. The Hall–Kier alpha value is -3.68. The molecule has 0 radical (unpaired) electrons. The van der Waals surface area contributed by atoms with Crippen LogP contribution < -0.4 is 9.75 Å². The van der Waals surface area contributed by atoms with Crippen LogP contribution in [-0.2, 0) is 7.05 Å². The zero-order valence-corrected chi connectivity index (χ0v) is 20.7. The highest BCUT2D eigenvalue weighted by molar-refractivity contribution is 6.89. The second-order valence-electron chi connectivity index (χ2n) is 9.71. The van der Waals surface area contributed by atoms with Crippen molar-refractivity contribution >= 4 is 40.9 Å². The molecule has 0 saturated carbocycles. The fourth-order valence-electron chi connectivity index (χ4n) is 4.75. The Balaban J connectivity index is 1.88. The van der Waals surface area contributed by atoms with Gasteiger partial charge in [-0.15, -0.1) is 0 Å². The van der Waals surface area contributed by atoms with E-state index in [0.717, 1.165) is 44.3 Å². The summed E-state index contributed by atoms with van der Waals surface area (Å²) in [5, 5.41) is 3.57. The Labute approximate surface area is 195 Å². The van der Waals surface area contributed by atoms with E-state index < -0.39 is 8.07 Å². The van der Waals surface area contributed by atoms with Crippen molar-refractivity contribution in [3.05, 3.63) is 89.9 Å². The summed E-state index contributed by atoms with van der Waals surface area (Å²) in [4.78, 5) is 3.71. The van der Waals surface area contributed by atoms with E-state index in [2.05, 4.69) is 97.8 Å². The highest BCUT2D eigenvalue weighted by atomic mass is 28.3. The molecular formula is C29H27N2OSi+. The fourth-order valence-corrected chi connectivity index (χ4v) is 6.35. The van der Waals surface area contributed by atoms with Crippen molar-refractivity contribution < 1.29 is 8.98 Å². The van der Waals surface area contributed by atoms with Crippen LogP contribution in [-0.4, -0.2) is 8.07 Å². The van der Waals surface area contributed by atoms with Crippen LogP contribution in [0.15, 0.2) is 77.3 Å². The highest BCUT2D eigenvalue weighted by Crippen LogP contribution is 2.40. The molecule has 2 heterocycles. The molecule has 0 aliphatic heterocycles. The molecule has 0 spiro atoms. The van der Waals surface area contributed by atoms with E-state index in [-0.39, 0.29) is 0 Å². The summed E-state index contributed by atoms with van der Waals surface area (Å²) < 4.78 is 8.86. The van der Waals surface area contributed by atoms with Crippen LogP contribution >= 0.6 is 0 Å². The van der Waals surface area contributed by atoms with Gasteiger partial charge in [-0.1, -0.05) is 67.3 Å². The van der Waals surface area contributed by atoms with Gasteiger partial charge in [-0.05, 0) is 30.2 Å². The number of nitrogens with zero attached hydrogens (tertiary/aromatic N) is 2. The Morgan fingerprint density at radius 1 is 0.848 bits per heavy atom. The molecule has 0 atom stereocenters. The molecular weight excluding hydrogens is 420 g/mol. The molecule has 33 heavy (non-hydrogen) atoms. The monoisotopic (exact) mass is 447 g/mol. The van der Waals surface area contributed by atoms with Gasteiger partial charge in [0.25, 0.3) is 0 Å². The van der Waals surface area contributed by atoms with Gasteiger partial charge in [0.05, 0.1) is 20.2 Å². The minimum Gasteiger partial charge on any atom is -0.454 e. The van der Waals surface area contributed by atoms with Crippen molar-refractivity contribution in [3.63, 3.8) is 0 Å². The standard InChI is InChI=1S/C29H27N2OSi/c1-19-13-15-23-21-10-9-11-22(24-18-20(30-2)14-16-26(24)33(4,5)6)28(21)32-29(23)27(19)25-12-7-8-17-31(25)3/h7-18H,1,3-6H3/q+1. The lowest BCUT2D eigenvalue weighted by Crippen LogP contribution is -2.38. The predicted octanol–water partition coefficient (Wildman–Crippen LogP) is 7.15. The van der Waals surface area contributed by atoms with Crippen LogP contribution in [0.4, 0.5) is 5.69 Å². The molecule has 5 aromatic rings. The summed E-state index contributed by atoms with van der Waals surface area (Å²) in [5.41, 5.74) is 8.07. The number of para-hydroxylation sites is 1. The quantitative estimate of drug-likeness (QED) is 0.163. The Morgan fingerprint density at radius 3 is 2.36 bits per heavy atom. The lowest BCUT2D eigenvalue weighted by atomic mass is 9.99. The highest BCUT2D eigenvalue weighted by Gasteiger charge is 2.25. The molecule has 162 valence electrons. The van der Waals surface area contributed by atoms with E-state index in [0.29, 0.717) is 5.69 Å². The number of rotatable bonds is 3. The third-order valence-electron chi connectivity index (χ3n) is 6.42. The summed E-state index contributed by atoms with van der Waals surface area (Å²) in [7, 11) is 0.417. The first-order chi connectivity index (χ1) is 15.8. The van der Waals surface area contributed by atoms with E-state index in [9.17, 15) is 0 Å². The van der Waals surface area contributed by atoms with Crippen molar-refractivity contribution in [2.24, 2.45) is 7.05 Å². The lowest BCUT2D eigenvalue weighted by molar-refractivity contribution is -0.660. The molecule has 0 N–H and O–H groups in total.